The Hall–Kier alpha value is -2.73. The summed E-state index contributed by atoms with van der Waals surface area (Å²) in [6, 6.07) is 10.9. The van der Waals surface area contributed by atoms with Gasteiger partial charge in [-0.3, -0.25) is 4.79 Å². The molecule has 0 aliphatic rings. The molecule has 0 saturated heterocycles. The Morgan fingerprint density at radius 2 is 1.64 bits per heavy atom. The third kappa shape index (κ3) is 4.64. The lowest BCUT2D eigenvalue weighted by Crippen LogP contribution is -2.15. The maximum atomic E-state index is 12.7. The van der Waals surface area contributed by atoms with E-state index in [1.165, 1.54) is 21.3 Å². The Bertz CT molecular complexity index is 731. The van der Waals surface area contributed by atoms with Gasteiger partial charge in [-0.2, -0.15) is 0 Å². The predicted molar refractivity (Wildman–Crippen MR) is 97.9 cm³/mol. The maximum Gasteiger partial charge on any atom is 0.259 e. The summed E-state index contributed by atoms with van der Waals surface area (Å²) >= 11 is 0. The van der Waals surface area contributed by atoms with E-state index in [1.807, 2.05) is 24.3 Å². The standard InChI is InChI=1S/C19H24N2O4/c1-5-20-12-13-7-6-8-14(9-13)21-19(22)15-10-17(24-3)18(25-4)11-16(15)23-2/h6-11,20H,5,12H2,1-4H3,(H,21,22). The van der Waals surface area contributed by atoms with Gasteiger partial charge in [-0.05, 0) is 24.2 Å². The van der Waals surface area contributed by atoms with E-state index in [2.05, 4.69) is 17.6 Å². The van der Waals surface area contributed by atoms with Crippen molar-refractivity contribution < 1.29 is 19.0 Å². The first kappa shape index (κ1) is 18.6. The van der Waals surface area contributed by atoms with Gasteiger partial charge in [0.25, 0.3) is 5.91 Å². The van der Waals surface area contributed by atoms with Gasteiger partial charge in [0.05, 0.1) is 26.9 Å². The molecule has 2 N–H and O–H groups in total. The zero-order valence-corrected chi connectivity index (χ0v) is 15.0. The number of methoxy groups -OCH3 is 3. The monoisotopic (exact) mass is 344 g/mol. The Labute approximate surface area is 148 Å². The molecule has 2 aromatic carbocycles. The maximum absolute atomic E-state index is 12.7. The van der Waals surface area contributed by atoms with Gasteiger partial charge in [0.1, 0.15) is 5.75 Å². The average molecular weight is 344 g/mol. The van der Waals surface area contributed by atoms with Crippen LogP contribution in [0.5, 0.6) is 17.2 Å². The fourth-order valence-electron chi connectivity index (χ4n) is 2.43. The van der Waals surface area contributed by atoms with Crippen molar-refractivity contribution in [3.63, 3.8) is 0 Å². The van der Waals surface area contributed by atoms with Crippen LogP contribution >= 0.6 is 0 Å². The van der Waals surface area contributed by atoms with E-state index in [1.54, 1.807) is 12.1 Å². The molecule has 0 bridgehead atoms. The first-order valence-corrected chi connectivity index (χ1v) is 8.04. The van der Waals surface area contributed by atoms with E-state index < -0.39 is 0 Å². The van der Waals surface area contributed by atoms with E-state index in [4.69, 9.17) is 14.2 Å². The van der Waals surface area contributed by atoms with Crippen molar-refractivity contribution in [1.82, 2.24) is 5.32 Å². The third-order valence-electron chi connectivity index (χ3n) is 3.71. The highest BCUT2D eigenvalue weighted by Crippen LogP contribution is 2.34. The van der Waals surface area contributed by atoms with Crippen LogP contribution in [0.3, 0.4) is 0 Å². The zero-order chi connectivity index (χ0) is 18.2. The fourth-order valence-corrected chi connectivity index (χ4v) is 2.43. The van der Waals surface area contributed by atoms with E-state index in [9.17, 15) is 4.79 Å². The van der Waals surface area contributed by atoms with Crippen molar-refractivity contribution in [2.24, 2.45) is 0 Å². The Balaban J connectivity index is 2.25. The second-order valence-corrected chi connectivity index (χ2v) is 5.34. The first-order chi connectivity index (χ1) is 12.1. The van der Waals surface area contributed by atoms with Crippen molar-refractivity contribution in [2.45, 2.75) is 13.5 Å². The number of carbonyl (C=O) groups is 1. The van der Waals surface area contributed by atoms with E-state index >= 15 is 0 Å². The summed E-state index contributed by atoms with van der Waals surface area (Å²) in [6.45, 7) is 3.69. The Morgan fingerprint density at radius 3 is 2.28 bits per heavy atom. The number of benzene rings is 2. The van der Waals surface area contributed by atoms with Crippen LogP contribution in [0.2, 0.25) is 0 Å². The lowest BCUT2D eigenvalue weighted by molar-refractivity contribution is 0.102. The number of hydrogen-bond acceptors (Lipinski definition) is 5. The lowest BCUT2D eigenvalue weighted by atomic mass is 10.1. The number of amides is 1. The van der Waals surface area contributed by atoms with Crippen LogP contribution in [-0.2, 0) is 6.54 Å². The molecule has 0 aromatic heterocycles. The molecule has 0 aliphatic carbocycles. The highest BCUT2D eigenvalue weighted by atomic mass is 16.5. The van der Waals surface area contributed by atoms with Crippen molar-refractivity contribution in [2.75, 3.05) is 33.2 Å². The third-order valence-corrected chi connectivity index (χ3v) is 3.71. The zero-order valence-electron chi connectivity index (χ0n) is 15.0. The minimum atomic E-state index is -0.279. The molecular weight excluding hydrogens is 320 g/mol. The highest BCUT2D eigenvalue weighted by Gasteiger charge is 2.18. The molecule has 2 aromatic rings. The normalized spacial score (nSPS) is 10.2. The minimum absolute atomic E-state index is 0.279. The van der Waals surface area contributed by atoms with Crippen LogP contribution in [0.15, 0.2) is 36.4 Å². The molecule has 0 aliphatic heterocycles. The molecule has 0 atom stereocenters. The number of hydrogen-bond donors (Lipinski definition) is 2. The molecular formula is C19H24N2O4. The second-order valence-electron chi connectivity index (χ2n) is 5.34. The summed E-state index contributed by atoms with van der Waals surface area (Å²) in [5.74, 6) is 1.11. The molecule has 0 saturated carbocycles. The summed E-state index contributed by atoms with van der Waals surface area (Å²) in [5.41, 5.74) is 2.19. The number of carbonyl (C=O) groups excluding carboxylic acids is 1. The topological polar surface area (TPSA) is 68.8 Å². The van der Waals surface area contributed by atoms with E-state index in [0.29, 0.717) is 22.8 Å². The van der Waals surface area contributed by atoms with Crippen molar-refractivity contribution in [1.29, 1.82) is 0 Å². The molecule has 2 rings (SSSR count). The van der Waals surface area contributed by atoms with Gasteiger partial charge >= 0.3 is 0 Å². The summed E-state index contributed by atoms with van der Waals surface area (Å²) in [7, 11) is 4.57. The van der Waals surface area contributed by atoms with Crippen LogP contribution in [0.4, 0.5) is 5.69 Å². The van der Waals surface area contributed by atoms with Crippen LogP contribution in [0, 0.1) is 0 Å². The van der Waals surface area contributed by atoms with Gasteiger partial charge in [0.2, 0.25) is 0 Å². The van der Waals surface area contributed by atoms with Crippen molar-refractivity contribution in [3.8, 4) is 17.2 Å². The quantitative estimate of drug-likeness (QED) is 0.770. The molecule has 1 amide bonds. The Kier molecular flexibility index (Phi) is 6.65. The lowest BCUT2D eigenvalue weighted by Gasteiger charge is -2.14. The van der Waals surface area contributed by atoms with Crippen LogP contribution in [0.25, 0.3) is 0 Å². The highest BCUT2D eigenvalue weighted by molar-refractivity contribution is 6.06. The van der Waals surface area contributed by atoms with Crippen LogP contribution in [0.1, 0.15) is 22.8 Å². The molecule has 6 heteroatoms. The summed E-state index contributed by atoms with van der Waals surface area (Å²) in [4.78, 5) is 12.7. The molecule has 134 valence electrons. The number of ether oxygens (including phenoxy) is 3. The molecule has 0 radical (unpaired) electrons. The van der Waals surface area contributed by atoms with Crippen LogP contribution < -0.4 is 24.8 Å². The van der Waals surface area contributed by atoms with E-state index in [-0.39, 0.29) is 5.91 Å². The summed E-state index contributed by atoms with van der Waals surface area (Å²) in [6.07, 6.45) is 0. The summed E-state index contributed by atoms with van der Waals surface area (Å²) < 4.78 is 15.8. The largest absolute Gasteiger partial charge is 0.496 e. The molecule has 0 fully saturated rings. The smallest absolute Gasteiger partial charge is 0.259 e. The molecule has 6 nitrogen and oxygen atoms in total. The molecule has 25 heavy (non-hydrogen) atoms. The van der Waals surface area contributed by atoms with Gasteiger partial charge in [0, 0.05) is 24.4 Å². The molecule has 0 heterocycles. The van der Waals surface area contributed by atoms with Crippen molar-refractivity contribution in [3.05, 3.63) is 47.5 Å². The van der Waals surface area contributed by atoms with Gasteiger partial charge in [0.15, 0.2) is 11.5 Å². The van der Waals surface area contributed by atoms with Gasteiger partial charge in [-0.15, -0.1) is 0 Å². The van der Waals surface area contributed by atoms with E-state index in [0.717, 1.165) is 24.3 Å². The Morgan fingerprint density at radius 1 is 0.960 bits per heavy atom. The predicted octanol–water partition coefficient (Wildman–Crippen LogP) is 3.07. The number of rotatable bonds is 8. The minimum Gasteiger partial charge on any atom is -0.496 e. The van der Waals surface area contributed by atoms with Gasteiger partial charge in [-0.25, -0.2) is 0 Å². The van der Waals surface area contributed by atoms with Crippen molar-refractivity contribution >= 4 is 11.6 Å². The second kappa shape index (κ2) is 8.94. The molecule has 0 unspecified atom stereocenters. The SMILES string of the molecule is CCNCc1cccc(NC(=O)c2cc(OC)c(OC)cc2OC)c1. The first-order valence-electron chi connectivity index (χ1n) is 8.04. The summed E-state index contributed by atoms with van der Waals surface area (Å²) in [5, 5.41) is 6.16. The fraction of sp³-hybridized carbons (Fsp3) is 0.316. The number of nitrogens with one attached hydrogen (secondary N) is 2. The van der Waals surface area contributed by atoms with Gasteiger partial charge < -0.3 is 24.8 Å². The van der Waals surface area contributed by atoms with Gasteiger partial charge in [-0.1, -0.05) is 19.1 Å². The van der Waals surface area contributed by atoms with Crippen LogP contribution in [-0.4, -0.2) is 33.8 Å². The molecule has 0 spiro atoms. The number of anilines is 1. The average Bonchev–Trinajstić information content (AvgIpc) is 2.65.